The molecule has 1 aromatic heterocycles. The molecule has 0 saturated heterocycles. The van der Waals surface area contributed by atoms with Crippen molar-refractivity contribution < 1.29 is 19.5 Å². The molecule has 1 heterocycles. The summed E-state index contributed by atoms with van der Waals surface area (Å²) >= 11 is 0. The summed E-state index contributed by atoms with van der Waals surface area (Å²) in [6.45, 7) is 2.21. The van der Waals surface area contributed by atoms with Gasteiger partial charge in [0.2, 0.25) is 0 Å². The van der Waals surface area contributed by atoms with Crippen LogP contribution in [0.1, 0.15) is 6.92 Å². The van der Waals surface area contributed by atoms with Crippen LogP contribution < -0.4 is 0 Å². The van der Waals surface area contributed by atoms with E-state index in [-0.39, 0.29) is 19.5 Å². The molecule has 0 fully saturated rings. The second-order valence-electron chi connectivity index (χ2n) is 2.12. The van der Waals surface area contributed by atoms with Gasteiger partial charge in [0.15, 0.2) is 0 Å². The van der Waals surface area contributed by atoms with E-state index in [1.54, 1.807) is 12.4 Å². The van der Waals surface area contributed by atoms with E-state index in [1.165, 1.54) is 20.6 Å². The molecule has 2 nitrogen and oxygen atoms in total. The van der Waals surface area contributed by atoms with Gasteiger partial charge < -0.3 is 0 Å². The fraction of sp³-hybridized carbons (Fsp3) is 0.400. The number of nitrogens with zero attached hydrogens (tertiary/aromatic N) is 1. The van der Waals surface area contributed by atoms with Gasteiger partial charge in [0.1, 0.15) is 0 Å². The minimum Gasteiger partial charge on any atom is -0.286 e. The molecule has 0 aliphatic rings. The molecule has 0 bridgehead atoms. The number of aromatic nitrogens is 2. The maximum Gasteiger partial charge on any atom is 0.0776 e. The van der Waals surface area contributed by atoms with Crippen LogP contribution in [-0.4, -0.2) is 32.2 Å². The van der Waals surface area contributed by atoms with Crippen LogP contribution in [0.3, 0.4) is 0 Å². The van der Waals surface area contributed by atoms with Gasteiger partial charge >= 0.3 is 0 Å². The zero-order valence-electron chi connectivity index (χ0n) is 7.13. The van der Waals surface area contributed by atoms with E-state index in [0.29, 0.717) is 0 Å². The van der Waals surface area contributed by atoms with Crippen LogP contribution in [0.25, 0.3) is 0 Å². The largest absolute Gasteiger partial charge is 0.286 e. The molecule has 1 N–H and O–H groups in total. The van der Waals surface area contributed by atoms with Gasteiger partial charge in [-0.1, -0.05) is 13.2 Å². The van der Waals surface area contributed by atoms with E-state index in [2.05, 4.69) is 24.9 Å². The first-order chi connectivity index (χ1) is 4.91. The minimum absolute atomic E-state index is 0. The summed E-state index contributed by atoms with van der Waals surface area (Å²) in [5, 5.41) is 6.21. The van der Waals surface area contributed by atoms with Crippen molar-refractivity contribution in [3.05, 3.63) is 18.5 Å². The molecule has 11 heavy (non-hydrogen) atoms. The number of hydrogen-bond acceptors (Lipinski definition) is 1. The first kappa shape index (κ1) is 13.6. The molecule has 0 aliphatic carbocycles. The van der Waals surface area contributed by atoms with Gasteiger partial charge in [0.25, 0.3) is 0 Å². The Hall–Kier alpha value is 0.0282. The number of rotatable bonds is 2. The van der Waals surface area contributed by atoms with Crippen molar-refractivity contribution >= 4 is 22.0 Å². The fourth-order valence-corrected chi connectivity index (χ4v) is 0.569. The molecular weight excluding hydrogens is 223 g/mol. The van der Waals surface area contributed by atoms with Crippen molar-refractivity contribution in [1.29, 1.82) is 0 Å². The van der Waals surface area contributed by atoms with E-state index in [0.717, 1.165) is 0 Å². The first-order valence-corrected chi connectivity index (χ1v) is 3.85. The molecule has 0 aliphatic heterocycles. The standard InChI is InChI=1S/C3H4N2.C2H9B3.Rh/c1-2-4-5-3-1;1-2-4-5-3;/h1-3H,(H,4,5);4-5H,2-3H2,1H3;. The van der Waals surface area contributed by atoms with Crippen molar-refractivity contribution in [2.45, 2.75) is 13.2 Å². The van der Waals surface area contributed by atoms with Crippen LogP contribution in [0, 0.1) is 0 Å². The molecule has 1 radical (unpaired) electrons. The molecule has 1 rings (SSSR count). The van der Waals surface area contributed by atoms with Gasteiger partial charge in [-0.2, -0.15) is 5.10 Å². The van der Waals surface area contributed by atoms with Crippen LogP contribution >= 0.6 is 0 Å². The Labute approximate surface area is 83.5 Å². The van der Waals surface area contributed by atoms with E-state index in [4.69, 9.17) is 0 Å². The fourth-order valence-electron chi connectivity index (χ4n) is 0.569. The molecule has 0 atom stereocenters. The maximum atomic E-state index is 3.60. The summed E-state index contributed by atoms with van der Waals surface area (Å²) in [5.74, 6) is 0. The van der Waals surface area contributed by atoms with Gasteiger partial charge in [0, 0.05) is 31.9 Å². The van der Waals surface area contributed by atoms with E-state index in [9.17, 15) is 0 Å². The molecule has 1 aromatic rings. The summed E-state index contributed by atoms with van der Waals surface area (Å²) in [5.41, 5.74) is 0. The number of nitrogens with one attached hydrogen (secondary N) is 1. The molecule has 0 aromatic carbocycles. The Morgan fingerprint density at radius 3 is 2.45 bits per heavy atom. The van der Waals surface area contributed by atoms with Gasteiger partial charge in [0.05, 0.1) is 22.0 Å². The van der Waals surface area contributed by atoms with Crippen LogP contribution in [0.15, 0.2) is 18.5 Å². The van der Waals surface area contributed by atoms with Crippen LogP contribution in [0.2, 0.25) is 6.32 Å². The van der Waals surface area contributed by atoms with Crippen LogP contribution in [-0.2, 0) is 19.5 Å². The van der Waals surface area contributed by atoms with E-state index in [1.807, 2.05) is 6.07 Å². The number of H-pyrrole nitrogens is 1. The molecular formula is C5H13B3N2Rh. The Kier molecular flexibility index (Phi) is 15.7. The SMILES string of the molecule is BBBCC.[Rh].c1cn[nH]c1. The summed E-state index contributed by atoms with van der Waals surface area (Å²) in [4.78, 5) is 0. The smallest absolute Gasteiger partial charge is 0.0776 e. The molecule has 61 valence electrons. The first-order valence-electron chi connectivity index (χ1n) is 3.85. The van der Waals surface area contributed by atoms with Crippen molar-refractivity contribution in [3.63, 3.8) is 0 Å². The molecule has 0 spiro atoms. The molecule has 6 heteroatoms. The number of hydrogen-bond donors (Lipinski definition) is 1. The Morgan fingerprint density at radius 2 is 2.36 bits per heavy atom. The molecule has 0 saturated carbocycles. The average molecular weight is 237 g/mol. The predicted octanol–water partition coefficient (Wildman–Crippen LogP) is -0.832. The van der Waals surface area contributed by atoms with Crippen molar-refractivity contribution in [3.8, 4) is 0 Å². The molecule has 0 unspecified atom stereocenters. The number of aromatic amines is 1. The van der Waals surface area contributed by atoms with Crippen molar-refractivity contribution in [2.75, 3.05) is 0 Å². The van der Waals surface area contributed by atoms with E-state index < -0.39 is 0 Å². The van der Waals surface area contributed by atoms with Gasteiger partial charge in [-0.05, 0) is 6.07 Å². The van der Waals surface area contributed by atoms with Crippen LogP contribution in [0.5, 0.6) is 0 Å². The Bertz CT molecular complexity index is 106. The topological polar surface area (TPSA) is 28.7 Å². The zero-order valence-corrected chi connectivity index (χ0v) is 8.77. The van der Waals surface area contributed by atoms with Crippen molar-refractivity contribution in [2.24, 2.45) is 0 Å². The summed E-state index contributed by atoms with van der Waals surface area (Å²) in [7, 11) is 4.94. The monoisotopic (exact) mass is 237 g/mol. The van der Waals surface area contributed by atoms with Gasteiger partial charge in [-0.3, -0.25) is 5.10 Å². The van der Waals surface area contributed by atoms with Crippen molar-refractivity contribution in [1.82, 2.24) is 10.2 Å². The maximum absolute atomic E-state index is 3.60. The second-order valence-corrected chi connectivity index (χ2v) is 2.12. The average Bonchev–Trinajstić information content (AvgIpc) is 2.44. The second kappa shape index (κ2) is 12.7. The minimum atomic E-state index is 0. The Morgan fingerprint density at radius 1 is 1.64 bits per heavy atom. The zero-order chi connectivity index (χ0) is 7.66. The van der Waals surface area contributed by atoms with Gasteiger partial charge in [-0.15, -0.1) is 0 Å². The summed E-state index contributed by atoms with van der Waals surface area (Å²) in [6, 6.07) is 1.83. The van der Waals surface area contributed by atoms with E-state index >= 15 is 0 Å². The quantitative estimate of drug-likeness (QED) is 0.667. The van der Waals surface area contributed by atoms with Crippen LogP contribution in [0.4, 0.5) is 0 Å². The molecule has 0 amide bonds. The Balaban J connectivity index is 0. The summed E-state index contributed by atoms with van der Waals surface area (Å²) in [6.07, 6.45) is 4.80. The third-order valence-corrected chi connectivity index (χ3v) is 1.11. The summed E-state index contributed by atoms with van der Waals surface area (Å²) < 4.78 is 0. The van der Waals surface area contributed by atoms with Gasteiger partial charge in [-0.25, -0.2) is 0 Å². The third kappa shape index (κ3) is 13.1. The predicted molar refractivity (Wildman–Crippen MR) is 51.9 cm³/mol. The normalized spacial score (nSPS) is 6.64. The third-order valence-electron chi connectivity index (χ3n) is 1.11.